The molecule has 2 aromatic rings. The van der Waals surface area contributed by atoms with Gasteiger partial charge in [0.25, 0.3) is 0 Å². The summed E-state index contributed by atoms with van der Waals surface area (Å²) in [6.07, 6.45) is 7.34. The highest BCUT2D eigenvalue weighted by Crippen LogP contribution is 2.29. The average molecular weight is 284 g/mol. The summed E-state index contributed by atoms with van der Waals surface area (Å²) >= 11 is 0. The van der Waals surface area contributed by atoms with Gasteiger partial charge in [0, 0.05) is 12.6 Å². The molecule has 0 aliphatic heterocycles. The molecule has 0 spiro atoms. The minimum absolute atomic E-state index is 0.444. The quantitative estimate of drug-likeness (QED) is 0.915. The average Bonchev–Trinajstić information content (AvgIpc) is 3.16. The second-order valence-corrected chi connectivity index (χ2v) is 5.73. The van der Waals surface area contributed by atoms with Crippen molar-refractivity contribution in [2.75, 3.05) is 0 Å². The van der Waals surface area contributed by atoms with E-state index in [4.69, 9.17) is 0 Å². The summed E-state index contributed by atoms with van der Waals surface area (Å²) in [6, 6.07) is 11.8. The van der Waals surface area contributed by atoms with E-state index in [1.54, 1.807) is 0 Å². The standard InChI is InChI=1S/C17H20N2O2/c20-17(21)16(13-6-2-1-3-7-13)12-14-10-11-19(18-14)15-8-4-5-9-15/h1-3,6-7,10-11,15-16H,4-5,8-9,12H2,(H,20,21). The monoisotopic (exact) mass is 284 g/mol. The lowest BCUT2D eigenvalue weighted by Crippen LogP contribution is -2.15. The Bertz CT molecular complexity index is 600. The Kier molecular flexibility index (Phi) is 4.04. The van der Waals surface area contributed by atoms with Crippen LogP contribution >= 0.6 is 0 Å². The van der Waals surface area contributed by atoms with E-state index in [1.807, 2.05) is 47.3 Å². The molecule has 1 N–H and O–H groups in total. The van der Waals surface area contributed by atoms with Crippen LogP contribution in [0.15, 0.2) is 42.6 Å². The number of carbonyl (C=O) groups is 1. The molecule has 4 heteroatoms. The molecule has 1 aromatic heterocycles. The lowest BCUT2D eigenvalue weighted by atomic mass is 9.94. The number of benzene rings is 1. The zero-order chi connectivity index (χ0) is 14.7. The first-order chi connectivity index (χ1) is 10.2. The van der Waals surface area contributed by atoms with E-state index in [-0.39, 0.29) is 0 Å². The molecule has 1 aromatic carbocycles. The number of nitrogens with zero attached hydrogens (tertiary/aromatic N) is 2. The van der Waals surface area contributed by atoms with Crippen LogP contribution in [0.3, 0.4) is 0 Å². The Balaban J connectivity index is 1.76. The maximum Gasteiger partial charge on any atom is 0.311 e. The summed E-state index contributed by atoms with van der Waals surface area (Å²) in [5.74, 6) is -1.32. The highest BCUT2D eigenvalue weighted by Gasteiger charge is 2.22. The van der Waals surface area contributed by atoms with Gasteiger partial charge in [-0.3, -0.25) is 9.48 Å². The van der Waals surface area contributed by atoms with E-state index < -0.39 is 11.9 Å². The zero-order valence-corrected chi connectivity index (χ0v) is 12.0. The van der Waals surface area contributed by atoms with Gasteiger partial charge in [-0.15, -0.1) is 0 Å². The third kappa shape index (κ3) is 3.15. The Hall–Kier alpha value is -2.10. The number of hydrogen-bond donors (Lipinski definition) is 1. The Morgan fingerprint density at radius 1 is 1.24 bits per heavy atom. The topological polar surface area (TPSA) is 55.1 Å². The molecular formula is C17H20N2O2. The third-order valence-corrected chi connectivity index (χ3v) is 4.28. The fraction of sp³-hybridized carbons (Fsp3) is 0.412. The summed E-state index contributed by atoms with van der Waals surface area (Å²) < 4.78 is 2.02. The van der Waals surface area contributed by atoms with Crippen LogP contribution in [0.1, 0.15) is 48.9 Å². The number of hydrogen-bond acceptors (Lipinski definition) is 2. The molecule has 1 aliphatic carbocycles. The minimum Gasteiger partial charge on any atom is -0.481 e. The van der Waals surface area contributed by atoms with Crippen molar-refractivity contribution >= 4 is 5.97 Å². The minimum atomic E-state index is -0.795. The first-order valence-corrected chi connectivity index (χ1v) is 7.56. The van der Waals surface area contributed by atoms with Crippen molar-refractivity contribution in [3.63, 3.8) is 0 Å². The maximum absolute atomic E-state index is 11.5. The van der Waals surface area contributed by atoms with Gasteiger partial charge < -0.3 is 5.11 Å². The largest absolute Gasteiger partial charge is 0.481 e. The van der Waals surface area contributed by atoms with Gasteiger partial charge in [-0.25, -0.2) is 0 Å². The molecule has 110 valence electrons. The van der Waals surface area contributed by atoms with Crippen LogP contribution in [0, 0.1) is 0 Å². The van der Waals surface area contributed by atoms with Crippen LogP contribution in [0.25, 0.3) is 0 Å². The van der Waals surface area contributed by atoms with Crippen LogP contribution in [-0.2, 0) is 11.2 Å². The van der Waals surface area contributed by atoms with Crippen LogP contribution in [-0.4, -0.2) is 20.9 Å². The van der Waals surface area contributed by atoms with Gasteiger partial charge >= 0.3 is 5.97 Å². The predicted octanol–water partition coefficient (Wildman–Crippen LogP) is 3.41. The molecule has 1 heterocycles. The van der Waals surface area contributed by atoms with Gasteiger partial charge in [0.05, 0.1) is 17.7 Å². The number of rotatable bonds is 5. The van der Waals surface area contributed by atoms with Crippen molar-refractivity contribution < 1.29 is 9.90 Å². The van der Waals surface area contributed by atoms with E-state index >= 15 is 0 Å². The van der Waals surface area contributed by atoms with Crippen molar-refractivity contribution in [2.45, 2.75) is 44.1 Å². The molecule has 1 fully saturated rings. The van der Waals surface area contributed by atoms with Crippen molar-refractivity contribution in [3.05, 3.63) is 53.9 Å². The number of carboxylic acids is 1. The van der Waals surface area contributed by atoms with Crippen LogP contribution in [0.4, 0.5) is 0 Å². The van der Waals surface area contributed by atoms with Crippen LogP contribution in [0.2, 0.25) is 0 Å². The fourth-order valence-corrected chi connectivity index (χ4v) is 3.10. The molecule has 0 saturated heterocycles. The molecule has 21 heavy (non-hydrogen) atoms. The Labute approximate surface area is 124 Å². The van der Waals surface area contributed by atoms with Crippen LogP contribution < -0.4 is 0 Å². The van der Waals surface area contributed by atoms with Gasteiger partial charge in [0.15, 0.2) is 0 Å². The van der Waals surface area contributed by atoms with Crippen molar-refractivity contribution in [1.82, 2.24) is 9.78 Å². The van der Waals surface area contributed by atoms with Gasteiger partial charge in [-0.05, 0) is 24.5 Å². The van der Waals surface area contributed by atoms with E-state index in [2.05, 4.69) is 5.10 Å². The lowest BCUT2D eigenvalue weighted by molar-refractivity contribution is -0.138. The first kappa shape index (κ1) is 13.9. The van der Waals surface area contributed by atoms with Gasteiger partial charge in [-0.2, -0.15) is 5.10 Å². The van der Waals surface area contributed by atoms with Gasteiger partial charge in [-0.1, -0.05) is 43.2 Å². The van der Waals surface area contributed by atoms with Gasteiger partial charge in [0.1, 0.15) is 0 Å². The zero-order valence-electron chi connectivity index (χ0n) is 12.0. The number of carboxylic acid groups (broad SMARTS) is 1. The number of aromatic nitrogens is 2. The molecule has 0 radical (unpaired) electrons. The molecule has 1 aliphatic rings. The normalized spacial score (nSPS) is 17.0. The number of aliphatic carboxylic acids is 1. The Morgan fingerprint density at radius 2 is 1.95 bits per heavy atom. The molecular weight excluding hydrogens is 264 g/mol. The van der Waals surface area contributed by atoms with Gasteiger partial charge in [0.2, 0.25) is 0 Å². The molecule has 0 bridgehead atoms. The first-order valence-electron chi connectivity index (χ1n) is 7.56. The van der Waals surface area contributed by atoms with E-state index in [9.17, 15) is 9.90 Å². The van der Waals surface area contributed by atoms with Crippen molar-refractivity contribution in [2.24, 2.45) is 0 Å². The highest BCUT2D eigenvalue weighted by molar-refractivity contribution is 5.76. The van der Waals surface area contributed by atoms with Crippen molar-refractivity contribution in [1.29, 1.82) is 0 Å². The van der Waals surface area contributed by atoms with Crippen LogP contribution in [0.5, 0.6) is 0 Å². The predicted molar refractivity (Wildman–Crippen MR) is 80.3 cm³/mol. The summed E-state index contributed by atoms with van der Waals surface area (Å²) in [6.45, 7) is 0. The maximum atomic E-state index is 11.5. The summed E-state index contributed by atoms with van der Waals surface area (Å²) in [4.78, 5) is 11.5. The second kappa shape index (κ2) is 6.12. The smallest absolute Gasteiger partial charge is 0.311 e. The SMILES string of the molecule is O=C(O)C(Cc1ccn(C2CCCC2)n1)c1ccccc1. The summed E-state index contributed by atoms with van der Waals surface area (Å²) in [5.41, 5.74) is 1.69. The summed E-state index contributed by atoms with van der Waals surface area (Å²) in [5, 5.41) is 14.1. The third-order valence-electron chi connectivity index (χ3n) is 4.28. The van der Waals surface area contributed by atoms with E-state index in [1.165, 1.54) is 25.7 Å². The molecule has 1 saturated carbocycles. The van der Waals surface area contributed by atoms with E-state index in [0.717, 1.165) is 11.3 Å². The molecule has 4 nitrogen and oxygen atoms in total. The second-order valence-electron chi connectivity index (χ2n) is 5.73. The molecule has 3 rings (SSSR count). The molecule has 1 unspecified atom stereocenters. The summed E-state index contributed by atoms with van der Waals surface area (Å²) in [7, 11) is 0. The fourth-order valence-electron chi connectivity index (χ4n) is 3.10. The molecule has 1 atom stereocenters. The van der Waals surface area contributed by atoms with Crippen molar-refractivity contribution in [3.8, 4) is 0 Å². The Morgan fingerprint density at radius 3 is 2.62 bits per heavy atom. The lowest BCUT2D eigenvalue weighted by Gasteiger charge is -2.12. The molecule has 0 amide bonds. The highest BCUT2D eigenvalue weighted by atomic mass is 16.4. The van der Waals surface area contributed by atoms with E-state index in [0.29, 0.717) is 12.5 Å².